The van der Waals surface area contributed by atoms with Gasteiger partial charge in [0.1, 0.15) is 5.75 Å². The second-order valence-corrected chi connectivity index (χ2v) is 16.3. The number of carbonyl (C=O) groups is 3. The summed E-state index contributed by atoms with van der Waals surface area (Å²) in [6.07, 6.45) is 0.676. The van der Waals surface area contributed by atoms with E-state index in [9.17, 15) is 29.3 Å². The van der Waals surface area contributed by atoms with Crippen LogP contribution in [0.5, 0.6) is 5.75 Å². The van der Waals surface area contributed by atoms with Gasteiger partial charge in [-0.05, 0) is 72.7 Å². The molecule has 2 N–H and O–H groups in total. The van der Waals surface area contributed by atoms with Crippen LogP contribution in [0.1, 0.15) is 22.8 Å². The summed E-state index contributed by atoms with van der Waals surface area (Å²) in [5.41, 5.74) is 1.40. The Hall–Kier alpha value is -3.69. The third-order valence-corrected chi connectivity index (χ3v) is 13.7. The highest BCUT2D eigenvalue weighted by molar-refractivity contribution is 9.10. The molecule has 16 heteroatoms. The minimum atomic E-state index is -0.567. The molecule has 2 aliphatic carbocycles. The fraction of sp³-hybridized carbons (Fsp3) is 0.273. The number of thioether (sulfide) groups is 1. The minimum Gasteiger partial charge on any atom is -0.483 e. The molecule has 3 aromatic carbocycles. The molecule has 7 atom stereocenters. The van der Waals surface area contributed by atoms with Crippen LogP contribution in [-0.2, 0) is 14.4 Å². The molecule has 2 saturated carbocycles. The Morgan fingerprint density at radius 2 is 1.76 bits per heavy atom. The summed E-state index contributed by atoms with van der Waals surface area (Å²) in [6.45, 7) is -0.311. The van der Waals surface area contributed by atoms with E-state index in [1.807, 2.05) is 12.1 Å². The van der Waals surface area contributed by atoms with Crippen LogP contribution in [0.15, 0.2) is 75.0 Å². The average Bonchev–Trinajstić information content (AvgIpc) is 3.81. The molecule has 49 heavy (non-hydrogen) atoms. The standard InChI is InChI=1S/C33H23BrCl2N4O7S2/c34-13-1-8-22(47-12-23(41)37-14-2-7-20(35)21(36)10-14)17(9-13)24-25-18-11-19(28(25)48-30-29(24)49-33(44)38-30)27-26(18)31(42)39(32(27)43)15-3-5-16(6-4-15)40(45)46/h1-10,18-19,24-28H,11-12H2,(H,37,41)(H,38,44)/t18-,19-,24-,25?,26?,27?,28?/m1/s1. The average molecular weight is 803 g/mol. The van der Waals surface area contributed by atoms with Crippen LogP contribution in [-0.4, -0.2) is 39.5 Å². The highest BCUT2D eigenvalue weighted by atomic mass is 79.9. The number of aromatic nitrogens is 1. The zero-order valence-electron chi connectivity index (χ0n) is 24.9. The van der Waals surface area contributed by atoms with E-state index in [1.54, 1.807) is 36.0 Å². The third kappa shape index (κ3) is 5.39. The largest absolute Gasteiger partial charge is 0.483 e. The summed E-state index contributed by atoms with van der Waals surface area (Å²) in [7, 11) is 0. The van der Waals surface area contributed by atoms with Gasteiger partial charge in [0.05, 0.1) is 37.5 Å². The molecule has 2 aliphatic heterocycles. The summed E-state index contributed by atoms with van der Waals surface area (Å²) in [5.74, 6) is -2.44. The first-order valence-electron chi connectivity index (χ1n) is 15.2. The Morgan fingerprint density at radius 3 is 2.47 bits per heavy atom. The maximum Gasteiger partial charge on any atom is 0.305 e. The number of non-ortho nitro benzene ring substituents is 1. The predicted octanol–water partition coefficient (Wildman–Crippen LogP) is 7.11. The Balaban J connectivity index is 1.12. The second kappa shape index (κ2) is 12.3. The Morgan fingerprint density at radius 1 is 1.02 bits per heavy atom. The molecule has 250 valence electrons. The van der Waals surface area contributed by atoms with Gasteiger partial charge in [-0.2, -0.15) is 0 Å². The first-order chi connectivity index (χ1) is 23.5. The molecule has 4 unspecified atom stereocenters. The molecule has 1 aromatic heterocycles. The van der Waals surface area contributed by atoms with Crippen molar-refractivity contribution in [2.45, 2.75) is 22.6 Å². The van der Waals surface area contributed by atoms with Crippen molar-refractivity contribution in [1.29, 1.82) is 0 Å². The molecule has 4 aliphatic rings. The van der Waals surface area contributed by atoms with Crippen molar-refractivity contribution >= 4 is 97.0 Å². The van der Waals surface area contributed by atoms with Gasteiger partial charge in [0.25, 0.3) is 11.6 Å². The van der Waals surface area contributed by atoms with Crippen LogP contribution in [0.25, 0.3) is 0 Å². The van der Waals surface area contributed by atoms with Crippen molar-refractivity contribution in [3.8, 4) is 5.75 Å². The number of amides is 3. The maximum atomic E-state index is 14.1. The number of nitrogens with one attached hydrogen (secondary N) is 2. The number of fused-ring (bicyclic) bond motifs is 9. The lowest BCUT2D eigenvalue weighted by Gasteiger charge is -2.43. The highest BCUT2D eigenvalue weighted by Gasteiger charge is 2.70. The number of hydrogen-bond donors (Lipinski definition) is 2. The lowest BCUT2D eigenvalue weighted by molar-refractivity contribution is -0.384. The molecular formula is C33H23BrCl2N4O7S2. The third-order valence-electron chi connectivity index (χ3n) is 9.91. The molecule has 0 radical (unpaired) electrons. The minimum absolute atomic E-state index is 0.0765. The van der Waals surface area contributed by atoms with E-state index >= 15 is 0 Å². The SMILES string of the molecule is O=C(COc1ccc(Br)cc1[C@H]1c2sc(=O)[nH]c2SC2C1[C@H]1C[C@@H]2C2C(=O)N(c3ccc([N+](=O)[O-])cc3)C(=O)C21)Nc1ccc(Cl)c(Cl)c1. The predicted molar refractivity (Wildman–Crippen MR) is 189 cm³/mol. The number of imide groups is 1. The first kappa shape index (κ1) is 32.5. The fourth-order valence-electron chi connectivity index (χ4n) is 8.15. The van der Waals surface area contributed by atoms with E-state index in [1.165, 1.54) is 29.2 Å². The number of nitrogens with zero attached hydrogens (tertiary/aromatic N) is 2. The molecule has 8 rings (SSSR count). The van der Waals surface area contributed by atoms with E-state index in [-0.39, 0.29) is 57.9 Å². The van der Waals surface area contributed by atoms with Gasteiger partial charge in [-0.15, -0.1) is 11.8 Å². The van der Waals surface area contributed by atoms with E-state index in [0.29, 0.717) is 33.6 Å². The summed E-state index contributed by atoms with van der Waals surface area (Å²) < 4.78 is 6.92. The lowest BCUT2D eigenvalue weighted by Crippen LogP contribution is -2.42. The number of hydrogen-bond acceptors (Lipinski definition) is 9. The monoisotopic (exact) mass is 800 g/mol. The van der Waals surface area contributed by atoms with Crippen molar-refractivity contribution in [2.75, 3.05) is 16.8 Å². The van der Waals surface area contributed by atoms with Crippen molar-refractivity contribution in [3.05, 3.63) is 105 Å². The zero-order chi connectivity index (χ0) is 34.3. The topological polar surface area (TPSA) is 152 Å². The molecule has 11 nitrogen and oxygen atoms in total. The number of benzene rings is 3. The number of nitro groups is 1. The van der Waals surface area contributed by atoms with Crippen molar-refractivity contribution in [1.82, 2.24) is 4.98 Å². The van der Waals surface area contributed by atoms with Gasteiger partial charge in [-0.25, -0.2) is 0 Å². The molecule has 3 fully saturated rings. The molecule has 2 bridgehead atoms. The van der Waals surface area contributed by atoms with Crippen LogP contribution >= 0.6 is 62.2 Å². The number of anilines is 2. The molecule has 3 heterocycles. The first-order valence-corrected chi connectivity index (χ1v) is 18.4. The second-order valence-electron chi connectivity index (χ2n) is 12.4. The number of aromatic amines is 1. The van der Waals surface area contributed by atoms with E-state index in [4.69, 9.17) is 27.9 Å². The van der Waals surface area contributed by atoms with Crippen LogP contribution in [0.2, 0.25) is 10.0 Å². The normalized spacial score (nSPS) is 26.3. The molecular weight excluding hydrogens is 779 g/mol. The van der Waals surface area contributed by atoms with Crippen LogP contribution in [0, 0.1) is 39.7 Å². The molecule has 4 aromatic rings. The van der Waals surface area contributed by atoms with Gasteiger partial charge in [-0.1, -0.05) is 50.5 Å². The highest BCUT2D eigenvalue weighted by Crippen LogP contribution is 2.69. The van der Waals surface area contributed by atoms with E-state index in [2.05, 4.69) is 26.2 Å². The number of H-pyrrole nitrogens is 1. The Kier molecular flexibility index (Phi) is 8.14. The molecule has 1 saturated heterocycles. The summed E-state index contributed by atoms with van der Waals surface area (Å²) >= 11 is 18.4. The smallest absolute Gasteiger partial charge is 0.305 e. The fourth-order valence-corrected chi connectivity index (χ4v) is 11.7. The quantitative estimate of drug-likeness (QED) is 0.114. The number of thiazole rings is 1. The number of rotatable bonds is 7. The number of ether oxygens (including phenoxy) is 1. The molecule has 0 spiro atoms. The number of nitro benzene ring substituents is 1. The molecule has 3 amide bonds. The van der Waals surface area contributed by atoms with Crippen LogP contribution in [0.3, 0.4) is 0 Å². The summed E-state index contributed by atoms with van der Waals surface area (Å²) in [4.78, 5) is 69.2. The van der Waals surface area contributed by atoms with Crippen molar-refractivity contribution in [3.63, 3.8) is 0 Å². The van der Waals surface area contributed by atoms with E-state index < -0.39 is 22.7 Å². The Labute approximate surface area is 304 Å². The van der Waals surface area contributed by atoms with E-state index in [0.717, 1.165) is 31.3 Å². The maximum absolute atomic E-state index is 14.1. The van der Waals surface area contributed by atoms with Gasteiger partial charge < -0.3 is 15.0 Å². The summed E-state index contributed by atoms with van der Waals surface area (Å²) in [5, 5.41) is 15.3. The van der Waals surface area contributed by atoms with Gasteiger partial charge in [0.2, 0.25) is 11.8 Å². The van der Waals surface area contributed by atoms with Crippen molar-refractivity contribution < 1.29 is 24.0 Å². The van der Waals surface area contributed by atoms with Crippen LogP contribution in [0.4, 0.5) is 17.1 Å². The number of halogens is 3. The zero-order valence-corrected chi connectivity index (χ0v) is 29.7. The van der Waals surface area contributed by atoms with Crippen molar-refractivity contribution in [2.24, 2.45) is 29.6 Å². The Bertz CT molecular complexity index is 2140. The summed E-state index contributed by atoms with van der Waals surface area (Å²) in [6, 6.07) is 15.7. The van der Waals surface area contributed by atoms with Gasteiger partial charge >= 0.3 is 4.87 Å². The number of carbonyl (C=O) groups excluding carboxylic acids is 3. The lowest BCUT2D eigenvalue weighted by atomic mass is 9.68. The van der Waals surface area contributed by atoms with Gasteiger partial charge in [0.15, 0.2) is 6.61 Å². The van der Waals surface area contributed by atoms with Gasteiger partial charge in [-0.3, -0.25) is 34.2 Å². The van der Waals surface area contributed by atoms with Crippen LogP contribution < -0.4 is 19.8 Å². The van der Waals surface area contributed by atoms with Gasteiger partial charge in [0, 0.05) is 43.9 Å².